The number of hydrogen-bond donors (Lipinski definition) is 2. The van der Waals surface area contributed by atoms with Crippen LogP contribution < -0.4 is 5.56 Å². The predicted molar refractivity (Wildman–Crippen MR) is 82.9 cm³/mol. The lowest BCUT2D eigenvalue weighted by Crippen LogP contribution is -2.50. The van der Waals surface area contributed by atoms with Gasteiger partial charge in [-0.15, -0.1) is 0 Å². The topological polar surface area (TPSA) is 83.0 Å². The molecule has 4 aliphatic rings. The summed E-state index contributed by atoms with van der Waals surface area (Å²) in [5.74, 6) is 2.59. The number of nitrogens with one attached hydrogen (secondary N) is 1. The monoisotopic (exact) mass is 320 g/mol. The molecule has 0 unspecified atom stereocenters. The van der Waals surface area contributed by atoms with Crippen molar-refractivity contribution >= 4 is 17.5 Å². The van der Waals surface area contributed by atoms with Gasteiger partial charge in [0.05, 0.1) is 11.8 Å². The third-order valence-corrected chi connectivity index (χ3v) is 6.55. The fourth-order valence-electron chi connectivity index (χ4n) is 5.23. The highest BCUT2D eigenvalue weighted by Gasteiger charge is 2.54. The third-order valence-electron chi connectivity index (χ3n) is 5.68. The molecule has 0 spiro atoms. The number of hydrogen-bond acceptors (Lipinski definition) is 5. The summed E-state index contributed by atoms with van der Waals surface area (Å²) in [6, 6.07) is 1.03. The molecule has 2 N–H and O–H groups in total. The molecule has 22 heavy (non-hydrogen) atoms. The maximum Gasteiger partial charge on any atom is 0.255 e. The number of aromatic nitrogens is 2. The van der Waals surface area contributed by atoms with Gasteiger partial charge in [0.1, 0.15) is 5.78 Å². The Balaban J connectivity index is 1.47. The van der Waals surface area contributed by atoms with E-state index in [0.29, 0.717) is 16.7 Å². The lowest BCUT2D eigenvalue weighted by Gasteiger charge is -2.56. The highest BCUT2D eigenvalue weighted by atomic mass is 32.2. The van der Waals surface area contributed by atoms with Crippen molar-refractivity contribution in [1.82, 2.24) is 9.97 Å². The first kappa shape index (κ1) is 14.3. The summed E-state index contributed by atoms with van der Waals surface area (Å²) in [6.45, 7) is 0. The Labute approximate surface area is 132 Å². The van der Waals surface area contributed by atoms with Crippen LogP contribution in [-0.2, 0) is 4.79 Å². The number of aromatic amines is 1. The normalized spacial score (nSPS) is 35.7. The fourth-order valence-corrected chi connectivity index (χ4v) is 6.14. The van der Waals surface area contributed by atoms with E-state index in [1.165, 1.54) is 31.0 Å². The molecule has 118 valence electrons. The lowest BCUT2D eigenvalue weighted by molar-refractivity contribution is -0.141. The van der Waals surface area contributed by atoms with Gasteiger partial charge in [0, 0.05) is 5.41 Å². The molecule has 4 fully saturated rings. The second-order valence-electron chi connectivity index (χ2n) is 7.32. The Morgan fingerprint density at radius 1 is 1.27 bits per heavy atom. The van der Waals surface area contributed by atoms with E-state index in [-0.39, 0.29) is 11.3 Å². The lowest BCUT2D eigenvalue weighted by atomic mass is 9.48. The van der Waals surface area contributed by atoms with Crippen LogP contribution in [-0.4, -0.2) is 26.6 Å². The first-order chi connectivity index (χ1) is 10.5. The third kappa shape index (κ3) is 2.47. The minimum Gasteiger partial charge on any atom is -0.493 e. The average Bonchev–Trinajstić information content (AvgIpc) is 2.42. The molecule has 5 nitrogen and oxygen atoms in total. The molecule has 0 atom stereocenters. The van der Waals surface area contributed by atoms with E-state index in [9.17, 15) is 14.7 Å². The molecule has 0 amide bonds. The number of carbonyl (C=O) groups excluding carboxylic acids is 1. The van der Waals surface area contributed by atoms with Crippen molar-refractivity contribution in [2.45, 2.75) is 43.7 Å². The first-order valence-corrected chi connectivity index (χ1v) is 8.97. The number of ketones is 1. The molecule has 1 aromatic heterocycles. The molecule has 4 saturated carbocycles. The Morgan fingerprint density at radius 2 is 1.86 bits per heavy atom. The van der Waals surface area contributed by atoms with E-state index in [2.05, 4.69) is 9.97 Å². The summed E-state index contributed by atoms with van der Waals surface area (Å²) in [5.41, 5.74) is -0.504. The van der Waals surface area contributed by atoms with Crippen LogP contribution in [0.5, 0.6) is 5.88 Å². The molecular weight excluding hydrogens is 300 g/mol. The molecule has 0 aliphatic heterocycles. The predicted octanol–water partition coefficient (Wildman–Crippen LogP) is 2.35. The Morgan fingerprint density at radius 3 is 2.41 bits per heavy atom. The maximum absolute atomic E-state index is 12.8. The van der Waals surface area contributed by atoms with Gasteiger partial charge in [-0.25, -0.2) is 0 Å². The number of carbonyl (C=O) groups is 1. The Hall–Kier alpha value is -1.30. The first-order valence-electron chi connectivity index (χ1n) is 7.99. The van der Waals surface area contributed by atoms with Crippen LogP contribution in [0.25, 0.3) is 0 Å². The van der Waals surface area contributed by atoms with Crippen LogP contribution in [0.15, 0.2) is 16.0 Å². The van der Waals surface area contributed by atoms with Gasteiger partial charge in [0.25, 0.3) is 5.56 Å². The second-order valence-corrected chi connectivity index (χ2v) is 8.28. The quantitative estimate of drug-likeness (QED) is 0.657. The van der Waals surface area contributed by atoms with Gasteiger partial charge in [-0.05, 0) is 56.3 Å². The zero-order valence-electron chi connectivity index (χ0n) is 12.4. The summed E-state index contributed by atoms with van der Waals surface area (Å²) in [4.78, 5) is 30.6. The smallest absolute Gasteiger partial charge is 0.255 e. The minimum atomic E-state index is -0.391. The largest absolute Gasteiger partial charge is 0.493 e. The number of H-pyrrole nitrogens is 1. The molecule has 6 heteroatoms. The van der Waals surface area contributed by atoms with Crippen LogP contribution in [0.1, 0.15) is 38.5 Å². The van der Waals surface area contributed by atoms with E-state index in [0.717, 1.165) is 43.1 Å². The molecule has 4 bridgehead atoms. The summed E-state index contributed by atoms with van der Waals surface area (Å²) in [7, 11) is 0. The summed E-state index contributed by atoms with van der Waals surface area (Å²) < 4.78 is 0. The molecule has 1 heterocycles. The van der Waals surface area contributed by atoms with E-state index in [1.807, 2.05) is 0 Å². The SMILES string of the molecule is O=C(CSc1nc(O)cc(=O)[nH]1)C12CC3CC(CC(C3)C1)C2. The van der Waals surface area contributed by atoms with E-state index >= 15 is 0 Å². The summed E-state index contributed by atoms with van der Waals surface area (Å²) in [5, 5.41) is 9.68. The van der Waals surface area contributed by atoms with E-state index < -0.39 is 5.56 Å². The van der Waals surface area contributed by atoms with Crippen LogP contribution >= 0.6 is 11.8 Å². The van der Waals surface area contributed by atoms with E-state index in [4.69, 9.17) is 0 Å². The standard InChI is InChI=1S/C16H20N2O3S/c19-12(8-22-15-17-13(20)4-14(21)18-15)16-5-9-1-10(6-16)3-11(2-9)7-16/h4,9-11H,1-3,5-8H2,(H2,17,18,20,21). The highest BCUT2D eigenvalue weighted by Crippen LogP contribution is 2.60. The molecule has 0 saturated heterocycles. The van der Waals surface area contributed by atoms with Crippen molar-refractivity contribution in [2.75, 3.05) is 5.75 Å². The van der Waals surface area contributed by atoms with Gasteiger partial charge < -0.3 is 10.1 Å². The van der Waals surface area contributed by atoms with Gasteiger partial charge >= 0.3 is 0 Å². The fraction of sp³-hybridized carbons (Fsp3) is 0.688. The molecule has 5 rings (SSSR count). The number of thioether (sulfide) groups is 1. The van der Waals surface area contributed by atoms with Crippen molar-refractivity contribution in [3.63, 3.8) is 0 Å². The van der Waals surface area contributed by atoms with Gasteiger partial charge in [0.2, 0.25) is 5.88 Å². The number of Topliss-reactive ketones (excluding diaryl/α,β-unsaturated/α-hetero) is 1. The maximum atomic E-state index is 12.8. The second kappa shape index (κ2) is 5.11. The van der Waals surface area contributed by atoms with Crippen molar-refractivity contribution < 1.29 is 9.90 Å². The van der Waals surface area contributed by atoms with Crippen LogP contribution in [0.2, 0.25) is 0 Å². The van der Waals surface area contributed by atoms with Gasteiger partial charge in [-0.1, -0.05) is 11.8 Å². The zero-order chi connectivity index (χ0) is 15.3. The Bertz CT molecular complexity index is 634. The highest BCUT2D eigenvalue weighted by molar-refractivity contribution is 7.99. The van der Waals surface area contributed by atoms with Crippen LogP contribution in [0.4, 0.5) is 0 Å². The summed E-state index contributed by atoms with van der Waals surface area (Å²) >= 11 is 1.23. The average molecular weight is 320 g/mol. The van der Waals surface area contributed by atoms with Gasteiger partial charge in [-0.2, -0.15) is 4.98 Å². The van der Waals surface area contributed by atoms with Crippen molar-refractivity contribution in [1.29, 1.82) is 0 Å². The minimum absolute atomic E-state index is 0.112. The van der Waals surface area contributed by atoms with Gasteiger partial charge in [0.15, 0.2) is 5.16 Å². The molecule has 0 aromatic carbocycles. The zero-order valence-corrected chi connectivity index (χ0v) is 13.2. The van der Waals surface area contributed by atoms with Crippen LogP contribution in [0.3, 0.4) is 0 Å². The van der Waals surface area contributed by atoms with Crippen molar-refractivity contribution in [3.8, 4) is 5.88 Å². The number of aromatic hydroxyl groups is 1. The van der Waals surface area contributed by atoms with Crippen LogP contribution in [0, 0.1) is 23.2 Å². The Kier molecular flexibility index (Phi) is 3.33. The number of nitrogens with zero attached hydrogens (tertiary/aromatic N) is 1. The molecule has 4 aliphatic carbocycles. The molecular formula is C16H20N2O3S. The van der Waals surface area contributed by atoms with Gasteiger partial charge in [-0.3, -0.25) is 9.59 Å². The number of rotatable bonds is 4. The van der Waals surface area contributed by atoms with Crippen molar-refractivity contribution in [2.24, 2.45) is 23.2 Å². The molecule has 0 radical (unpaired) electrons. The molecule has 1 aromatic rings. The van der Waals surface area contributed by atoms with E-state index in [1.54, 1.807) is 0 Å². The summed E-state index contributed by atoms with van der Waals surface area (Å²) in [6.07, 6.45) is 7.14. The van der Waals surface area contributed by atoms with Crippen molar-refractivity contribution in [3.05, 3.63) is 16.4 Å².